The highest BCUT2D eigenvalue weighted by molar-refractivity contribution is 5.71. The molecule has 0 aromatic rings. The first-order valence-corrected chi connectivity index (χ1v) is 7.49. The second kappa shape index (κ2) is 4.52. The number of hydrogen-bond acceptors (Lipinski definition) is 3. The standard InChI is InChI=1S/C15H25NO2/c1-10(2)18-14(17)9-16-15-6-11-3-12(7-15)5-13(4-11)8-15/h10-13,16H,3-9H2,1-2H3. The van der Waals surface area contributed by atoms with Crippen LogP contribution < -0.4 is 5.32 Å². The zero-order valence-electron chi connectivity index (χ0n) is 11.6. The van der Waals surface area contributed by atoms with Gasteiger partial charge in [0.25, 0.3) is 0 Å². The lowest BCUT2D eigenvalue weighted by Crippen LogP contribution is -2.59. The third-order valence-corrected chi connectivity index (χ3v) is 5.01. The summed E-state index contributed by atoms with van der Waals surface area (Å²) in [5.41, 5.74) is 0.269. The van der Waals surface area contributed by atoms with Crippen molar-refractivity contribution < 1.29 is 9.53 Å². The molecule has 3 heteroatoms. The number of hydrogen-bond donors (Lipinski definition) is 1. The Balaban J connectivity index is 1.57. The molecule has 0 heterocycles. The molecule has 0 radical (unpaired) electrons. The van der Waals surface area contributed by atoms with Gasteiger partial charge in [0.1, 0.15) is 0 Å². The molecule has 0 unspecified atom stereocenters. The summed E-state index contributed by atoms with van der Waals surface area (Å²) in [6.45, 7) is 4.20. The van der Waals surface area contributed by atoms with Crippen LogP contribution in [-0.2, 0) is 9.53 Å². The molecule has 1 N–H and O–H groups in total. The predicted molar refractivity (Wildman–Crippen MR) is 70.1 cm³/mol. The van der Waals surface area contributed by atoms with Crippen LogP contribution in [0.4, 0.5) is 0 Å². The van der Waals surface area contributed by atoms with Crippen molar-refractivity contribution in [1.82, 2.24) is 5.32 Å². The zero-order valence-corrected chi connectivity index (χ0v) is 11.6. The van der Waals surface area contributed by atoms with Gasteiger partial charge in [0.15, 0.2) is 0 Å². The Morgan fingerprint density at radius 2 is 1.67 bits per heavy atom. The fourth-order valence-electron chi connectivity index (χ4n) is 4.89. The molecule has 4 aliphatic rings. The number of nitrogens with one attached hydrogen (secondary N) is 1. The van der Waals surface area contributed by atoms with Gasteiger partial charge in [-0.1, -0.05) is 0 Å². The zero-order chi connectivity index (χ0) is 12.8. The van der Waals surface area contributed by atoms with Crippen LogP contribution >= 0.6 is 0 Å². The minimum atomic E-state index is -0.0965. The molecule has 0 spiro atoms. The summed E-state index contributed by atoms with van der Waals surface area (Å²) in [7, 11) is 0. The van der Waals surface area contributed by atoms with Gasteiger partial charge in [-0.2, -0.15) is 0 Å². The van der Waals surface area contributed by atoms with E-state index in [2.05, 4.69) is 5.32 Å². The summed E-state index contributed by atoms with van der Waals surface area (Å²) >= 11 is 0. The maximum Gasteiger partial charge on any atom is 0.320 e. The maximum atomic E-state index is 11.7. The Kier molecular flexibility index (Phi) is 3.13. The molecule has 4 fully saturated rings. The van der Waals surface area contributed by atoms with Crippen LogP contribution in [0.15, 0.2) is 0 Å². The fraction of sp³-hybridized carbons (Fsp3) is 0.933. The van der Waals surface area contributed by atoms with Crippen molar-refractivity contribution in [3.63, 3.8) is 0 Å². The van der Waals surface area contributed by atoms with E-state index >= 15 is 0 Å². The third kappa shape index (κ3) is 2.42. The SMILES string of the molecule is CC(C)OC(=O)CNC12CC3CC(CC(C3)C1)C2. The molecule has 4 bridgehead atoms. The minimum Gasteiger partial charge on any atom is -0.462 e. The first kappa shape index (κ1) is 12.5. The number of carbonyl (C=O) groups is 1. The van der Waals surface area contributed by atoms with Gasteiger partial charge < -0.3 is 10.1 Å². The van der Waals surface area contributed by atoms with Crippen LogP contribution in [0.3, 0.4) is 0 Å². The summed E-state index contributed by atoms with van der Waals surface area (Å²) < 4.78 is 5.21. The van der Waals surface area contributed by atoms with Crippen LogP contribution in [0.25, 0.3) is 0 Å². The summed E-state index contributed by atoms with van der Waals surface area (Å²) in [4.78, 5) is 11.7. The van der Waals surface area contributed by atoms with E-state index in [-0.39, 0.29) is 17.6 Å². The Morgan fingerprint density at radius 3 is 2.11 bits per heavy atom. The third-order valence-electron chi connectivity index (χ3n) is 5.01. The first-order chi connectivity index (χ1) is 8.55. The van der Waals surface area contributed by atoms with Gasteiger partial charge in [-0.15, -0.1) is 0 Å². The van der Waals surface area contributed by atoms with E-state index in [1.807, 2.05) is 13.8 Å². The molecule has 0 aromatic carbocycles. The highest BCUT2D eigenvalue weighted by Gasteiger charge is 2.50. The van der Waals surface area contributed by atoms with Crippen LogP contribution in [0.2, 0.25) is 0 Å². The Hall–Kier alpha value is -0.570. The van der Waals surface area contributed by atoms with E-state index in [0.717, 1.165) is 17.8 Å². The van der Waals surface area contributed by atoms with E-state index < -0.39 is 0 Å². The Labute approximate surface area is 110 Å². The molecular weight excluding hydrogens is 226 g/mol. The van der Waals surface area contributed by atoms with E-state index in [0.29, 0.717) is 6.54 Å². The van der Waals surface area contributed by atoms with Crippen LogP contribution in [0, 0.1) is 17.8 Å². The Bertz CT molecular complexity index is 302. The minimum absolute atomic E-state index is 0.00402. The van der Waals surface area contributed by atoms with Crippen molar-refractivity contribution in [2.24, 2.45) is 17.8 Å². The van der Waals surface area contributed by atoms with Gasteiger partial charge in [0.2, 0.25) is 0 Å². The highest BCUT2D eigenvalue weighted by atomic mass is 16.5. The van der Waals surface area contributed by atoms with Gasteiger partial charge in [-0.05, 0) is 70.1 Å². The van der Waals surface area contributed by atoms with Crippen molar-refractivity contribution in [2.75, 3.05) is 6.54 Å². The molecule has 0 saturated heterocycles. The van der Waals surface area contributed by atoms with Gasteiger partial charge in [0.05, 0.1) is 12.6 Å². The molecule has 0 amide bonds. The number of rotatable bonds is 4. The van der Waals surface area contributed by atoms with E-state index in [1.54, 1.807) is 0 Å². The second-order valence-corrected chi connectivity index (χ2v) is 7.09. The van der Waals surface area contributed by atoms with Crippen LogP contribution in [0.1, 0.15) is 52.4 Å². The molecule has 4 aliphatic carbocycles. The molecule has 4 rings (SSSR count). The smallest absolute Gasteiger partial charge is 0.320 e. The molecule has 0 aliphatic heterocycles. The monoisotopic (exact) mass is 251 g/mol. The van der Waals surface area contributed by atoms with Gasteiger partial charge in [-0.25, -0.2) is 0 Å². The lowest BCUT2D eigenvalue weighted by atomic mass is 9.53. The summed E-state index contributed by atoms with van der Waals surface area (Å²) in [5.74, 6) is 2.67. The average molecular weight is 251 g/mol. The summed E-state index contributed by atoms with van der Waals surface area (Å²) in [6, 6.07) is 0. The molecular formula is C15H25NO2. The molecule has 102 valence electrons. The van der Waals surface area contributed by atoms with Crippen LogP contribution in [0.5, 0.6) is 0 Å². The van der Waals surface area contributed by atoms with E-state index in [1.165, 1.54) is 38.5 Å². The topological polar surface area (TPSA) is 38.3 Å². The van der Waals surface area contributed by atoms with Crippen molar-refractivity contribution in [2.45, 2.75) is 64.0 Å². The lowest BCUT2D eigenvalue weighted by molar-refractivity contribution is -0.147. The molecule has 3 nitrogen and oxygen atoms in total. The molecule has 18 heavy (non-hydrogen) atoms. The summed E-state index contributed by atoms with van der Waals surface area (Å²) in [5, 5.41) is 3.56. The van der Waals surface area contributed by atoms with Gasteiger partial charge >= 0.3 is 5.97 Å². The fourth-order valence-corrected chi connectivity index (χ4v) is 4.89. The van der Waals surface area contributed by atoms with Crippen molar-refractivity contribution in [3.8, 4) is 0 Å². The predicted octanol–water partition coefficient (Wildman–Crippen LogP) is 2.50. The van der Waals surface area contributed by atoms with Crippen molar-refractivity contribution in [3.05, 3.63) is 0 Å². The first-order valence-electron chi connectivity index (χ1n) is 7.49. The number of esters is 1. The van der Waals surface area contributed by atoms with Crippen LogP contribution in [-0.4, -0.2) is 24.2 Å². The molecule has 4 saturated carbocycles. The number of ether oxygens (including phenoxy) is 1. The van der Waals surface area contributed by atoms with Gasteiger partial charge in [-0.3, -0.25) is 4.79 Å². The lowest BCUT2D eigenvalue weighted by Gasteiger charge is -2.57. The number of carbonyl (C=O) groups excluding carboxylic acids is 1. The highest BCUT2D eigenvalue weighted by Crippen LogP contribution is 2.55. The summed E-state index contributed by atoms with van der Waals surface area (Å²) in [6.07, 6.45) is 8.18. The quantitative estimate of drug-likeness (QED) is 0.780. The normalized spacial score (nSPS) is 41.4. The van der Waals surface area contributed by atoms with Crippen molar-refractivity contribution in [1.29, 1.82) is 0 Å². The average Bonchev–Trinajstić information content (AvgIpc) is 2.23. The van der Waals surface area contributed by atoms with Crippen molar-refractivity contribution >= 4 is 5.97 Å². The maximum absolute atomic E-state index is 11.7. The molecule has 0 atom stereocenters. The van der Waals surface area contributed by atoms with E-state index in [4.69, 9.17) is 4.74 Å². The second-order valence-electron chi connectivity index (χ2n) is 7.09. The Morgan fingerprint density at radius 1 is 1.17 bits per heavy atom. The molecule has 0 aromatic heterocycles. The largest absolute Gasteiger partial charge is 0.462 e. The van der Waals surface area contributed by atoms with E-state index in [9.17, 15) is 4.79 Å². The van der Waals surface area contributed by atoms with Gasteiger partial charge in [0, 0.05) is 5.54 Å².